The number of hydrogen-bond acceptors (Lipinski definition) is 11. The van der Waals surface area contributed by atoms with Gasteiger partial charge in [-0.1, -0.05) is 6.07 Å². The quantitative estimate of drug-likeness (QED) is 0.0843. The van der Waals surface area contributed by atoms with Crippen LogP contribution in [0.15, 0.2) is 97.2 Å². The molecule has 3 N–H and O–H groups in total. The Bertz CT molecular complexity index is 2920. The summed E-state index contributed by atoms with van der Waals surface area (Å²) in [6, 6.07) is 25.4. The number of anilines is 3. The van der Waals surface area contributed by atoms with Crippen LogP contribution in [0.2, 0.25) is 0 Å². The number of piperidine rings is 1. The van der Waals surface area contributed by atoms with Gasteiger partial charge in [-0.05, 0) is 129 Å². The molecule has 4 aliphatic rings. The molecule has 3 fully saturated rings. The Morgan fingerprint density at radius 3 is 2.27 bits per heavy atom. The van der Waals surface area contributed by atoms with Crippen LogP contribution in [0.1, 0.15) is 53.7 Å². The van der Waals surface area contributed by atoms with E-state index in [9.17, 15) is 28.4 Å². The number of aromatic nitrogens is 2. The van der Waals surface area contributed by atoms with E-state index in [1.165, 1.54) is 24.3 Å². The van der Waals surface area contributed by atoms with Gasteiger partial charge in [0.25, 0.3) is 5.91 Å². The highest BCUT2D eigenvalue weighted by atomic mass is 19.1. The molecule has 1 aliphatic carbocycles. The maximum atomic E-state index is 13.3. The van der Waals surface area contributed by atoms with Crippen LogP contribution in [-0.4, -0.2) is 95.2 Å². The minimum absolute atomic E-state index is 0.189. The van der Waals surface area contributed by atoms with Crippen molar-refractivity contribution in [1.29, 1.82) is 0 Å². The number of methoxy groups -OCH3 is 1. The Kier molecular flexibility index (Phi) is 11.3. The van der Waals surface area contributed by atoms with Gasteiger partial charge in [-0.3, -0.25) is 44.2 Å². The maximum absolute atomic E-state index is 13.3. The highest BCUT2D eigenvalue weighted by molar-refractivity contribution is 6.17. The number of carbonyl (C=O) groups excluding carboxylic acids is 5. The van der Waals surface area contributed by atoms with Gasteiger partial charge in [-0.15, -0.1) is 0 Å². The minimum atomic E-state index is -1.17. The molecule has 5 heterocycles. The average molecular weight is 891 g/mol. The lowest BCUT2D eigenvalue weighted by Gasteiger charge is -2.36. The van der Waals surface area contributed by atoms with Gasteiger partial charge in [0, 0.05) is 78.7 Å². The number of imide groups is 1. The number of pyridine rings is 2. The molecule has 5 amide bonds. The molecule has 0 unspecified atom stereocenters. The highest BCUT2D eigenvalue weighted by Gasteiger charge is 2.56. The zero-order valence-corrected chi connectivity index (χ0v) is 36.3. The molecule has 3 aliphatic heterocycles. The van der Waals surface area contributed by atoms with Crippen molar-refractivity contribution < 1.29 is 37.8 Å². The first-order chi connectivity index (χ1) is 32.0. The molecule has 0 radical (unpaired) electrons. The first-order valence-electron chi connectivity index (χ1n) is 22.2. The summed E-state index contributed by atoms with van der Waals surface area (Å²) in [6.07, 6.45) is 4.85. The molecule has 2 saturated heterocycles. The van der Waals surface area contributed by atoms with E-state index in [-0.39, 0.29) is 18.2 Å². The topological polar surface area (TPSA) is 175 Å². The molecule has 10 rings (SSSR count). The minimum Gasteiger partial charge on any atom is -0.495 e. The van der Waals surface area contributed by atoms with Crippen LogP contribution in [0, 0.1) is 11.2 Å². The van der Waals surface area contributed by atoms with Crippen LogP contribution in [0.25, 0.3) is 21.8 Å². The summed E-state index contributed by atoms with van der Waals surface area (Å²) in [5.74, 6) is -0.285. The lowest BCUT2D eigenvalue weighted by Crippen LogP contribution is -2.52. The number of ether oxygens (including phenoxy) is 2. The van der Waals surface area contributed by atoms with Crippen LogP contribution < -0.4 is 30.3 Å². The number of aryl methyl sites for hydroxylation is 1. The van der Waals surface area contributed by atoms with Gasteiger partial charge in [0.1, 0.15) is 34.5 Å². The molecule has 1 atom stereocenters. The number of carbonyl (C=O) groups is 5. The van der Waals surface area contributed by atoms with E-state index in [1.807, 2.05) is 36.4 Å². The predicted molar refractivity (Wildman–Crippen MR) is 245 cm³/mol. The second-order valence-corrected chi connectivity index (χ2v) is 17.3. The Morgan fingerprint density at radius 1 is 0.848 bits per heavy atom. The first kappa shape index (κ1) is 42.5. The van der Waals surface area contributed by atoms with Crippen molar-refractivity contribution >= 4 is 68.4 Å². The number of fused-ring (bicyclic) bond motifs is 3. The van der Waals surface area contributed by atoms with Gasteiger partial charge in [-0.2, -0.15) is 0 Å². The van der Waals surface area contributed by atoms with Crippen LogP contribution in [-0.2, 0) is 32.1 Å². The van der Waals surface area contributed by atoms with E-state index in [0.29, 0.717) is 60.0 Å². The van der Waals surface area contributed by atoms with E-state index in [4.69, 9.17) is 14.5 Å². The van der Waals surface area contributed by atoms with Crippen LogP contribution in [0.5, 0.6) is 17.2 Å². The second kappa shape index (κ2) is 17.5. The van der Waals surface area contributed by atoms with Gasteiger partial charge in [-0.25, -0.2) is 4.39 Å². The number of nitrogens with one attached hydrogen (secondary N) is 3. The molecule has 6 aromatic rings. The Morgan fingerprint density at radius 2 is 1.58 bits per heavy atom. The Balaban J connectivity index is 0.724. The van der Waals surface area contributed by atoms with E-state index < -0.39 is 35.0 Å². The Labute approximate surface area is 379 Å². The molecule has 1 saturated carbocycles. The normalized spacial score (nSPS) is 18.0. The van der Waals surface area contributed by atoms with Gasteiger partial charge >= 0.3 is 0 Å². The van der Waals surface area contributed by atoms with E-state index >= 15 is 0 Å². The van der Waals surface area contributed by atoms with Crippen molar-refractivity contribution in [2.45, 2.75) is 51.1 Å². The van der Waals surface area contributed by atoms with Gasteiger partial charge in [0.15, 0.2) is 0 Å². The molecular formula is C50H47FN8O7. The van der Waals surface area contributed by atoms with Crippen LogP contribution in [0.3, 0.4) is 0 Å². The standard InChI is InChI=1S/C50H47FN8O7/c1-65-44-27-38-40(52-19-16-43(38)66-36-12-10-35(11-13-36)55-49(64)50(17-18-50)48(63)54-34-8-5-32(51)6-9-34)28-42(44)58-23-21-57(22-24-58)20-2-3-33-7-4-30-25-37-31(26-39(30)53-33)29-59(47(37)62)41-14-15-45(60)56-46(41)61/h4-13,16,19,25-28,41H,2-3,14-15,17-18,20-24,29H2,1H3,(H,54,63)(H,55,64)(H,56,60,61)/t41-/m0/s1. The number of amides is 5. The van der Waals surface area contributed by atoms with E-state index in [2.05, 4.69) is 30.7 Å². The smallest absolute Gasteiger partial charge is 0.255 e. The summed E-state index contributed by atoms with van der Waals surface area (Å²) in [4.78, 5) is 79.6. The van der Waals surface area contributed by atoms with Gasteiger partial charge in [0.05, 0.1) is 23.8 Å². The fourth-order valence-corrected chi connectivity index (χ4v) is 9.15. The summed E-state index contributed by atoms with van der Waals surface area (Å²) < 4.78 is 25.6. The maximum Gasteiger partial charge on any atom is 0.255 e. The van der Waals surface area contributed by atoms with Crippen molar-refractivity contribution in [3.8, 4) is 17.2 Å². The lowest BCUT2D eigenvalue weighted by atomic mass is 10.0. The number of rotatable bonds is 13. The predicted octanol–water partition coefficient (Wildman–Crippen LogP) is 6.60. The fourth-order valence-electron chi connectivity index (χ4n) is 9.15. The largest absolute Gasteiger partial charge is 0.495 e. The number of hydrogen-bond donors (Lipinski definition) is 3. The number of halogens is 1. The molecule has 4 aromatic carbocycles. The highest BCUT2D eigenvalue weighted by Crippen LogP contribution is 2.48. The summed E-state index contributed by atoms with van der Waals surface area (Å²) in [6.45, 7) is 4.64. The second-order valence-electron chi connectivity index (χ2n) is 17.3. The summed E-state index contributed by atoms with van der Waals surface area (Å²) >= 11 is 0. The summed E-state index contributed by atoms with van der Waals surface area (Å²) in [5, 5.41) is 9.61. The van der Waals surface area contributed by atoms with Crippen LogP contribution >= 0.6 is 0 Å². The lowest BCUT2D eigenvalue weighted by molar-refractivity contribution is -0.137. The summed E-state index contributed by atoms with van der Waals surface area (Å²) in [5.41, 5.74) is 4.73. The molecule has 0 bridgehead atoms. The first-order valence-corrected chi connectivity index (χ1v) is 22.2. The van der Waals surface area contributed by atoms with Crippen molar-refractivity contribution in [2.24, 2.45) is 5.41 Å². The molecule has 15 nitrogen and oxygen atoms in total. The average Bonchev–Trinajstić information content (AvgIpc) is 4.09. The molecule has 66 heavy (non-hydrogen) atoms. The molecule has 0 spiro atoms. The van der Waals surface area contributed by atoms with Crippen molar-refractivity contribution in [2.75, 3.05) is 55.4 Å². The third-order valence-corrected chi connectivity index (χ3v) is 13.1. The summed E-state index contributed by atoms with van der Waals surface area (Å²) in [7, 11) is 1.66. The van der Waals surface area contributed by atoms with E-state index in [0.717, 1.165) is 84.3 Å². The van der Waals surface area contributed by atoms with Crippen molar-refractivity contribution in [1.82, 2.24) is 25.1 Å². The Hall–Kier alpha value is -7.46. The van der Waals surface area contributed by atoms with Crippen molar-refractivity contribution in [3.63, 3.8) is 0 Å². The third-order valence-electron chi connectivity index (χ3n) is 13.1. The molecule has 16 heteroatoms. The number of benzene rings is 4. The van der Waals surface area contributed by atoms with Crippen molar-refractivity contribution in [3.05, 3.63) is 120 Å². The number of piperazine rings is 1. The molecule has 336 valence electrons. The zero-order chi connectivity index (χ0) is 45.5. The van der Waals surface area contributed by atoms with E-state index in [1.54, 1.807) is 48.5 Å². The monoisotopic (exact) mass is 890 g/mol. The molecular weight excluding hydrogens is 844 g/mol. The van der Waals surface area contributed by atoms with Crippen LogP contribution in [0.4, 0.5) is 21.5 Å². The fraction of sp³-hybridized carbons (Fsp3) is 0.300. The zero-order valence-electron chi connectivity index (χ0n) is 36.3. The van der Waals surface area contributed by atoms with Gasteiger partial charge < -0.3 is 29.9 Å². The number of nitrogens with zero attached hydrogens (tertiary/aromatic N) is 5. The van der Waals surface area contributed by atoms with Gasteiger partial charge in [0.2, 0.25) is 23.6 Å². The third kappa shape index (κ3) is 8.46. The molecule has 2 aromatic heterocycles. The SMILES string of the molecule is COc1cc2c(Oc3ccc(NC(=O)C4(C(=O)Nc5ccc(F)cc5)CC4)cc3)ccnc2cc1N1CCN(CCCc2ccc3cc4c(cc3n2)CN([C@H]2CCC(=O)NC2=O)C4=O)CC1.